The second-order valence-corrected chi connectivity index (χ2v) is 3.63. The monoisotopic (exact) mass is 230 g/mol. The van der Waals surface area contributed by atoms with Crippen molar-refractivity contribution < 1.29 is 9.53 Å². The zero-order valence-corrected chi connectivity index (χ0v) is 9.40. The standard InChI is InChI=1S/C13H18O2.Na.H/c1-3-8-11(4-2)13(14)15-12-9-6-5-7-10-12;;/h5-7,9-11H,3-4,8H2,1-2H3;;. The van der Waals surface area contributed by atoms with E-state index >= 15 is 0 Å². The quantitative estimate of drug-likeness (QED) is 0.441. The van der Waals surface area contributed by atoms with Crippen molar-refractivity contribution in [2.45, 2.75) is 33.1 Å². The van der Waals surface area contributed by atoms with Crippen molar-refractivity contribution in [2.75, 3.05) is 0 Å². The van der Waals surface area contributed by atoms with Gasteiger partial charge in [-0.25, -0.2) is 0 Å². The number of rotatable bonds is 5. The summed E-state index contributed by atoms with van der Waals surface area (Å²) in [6.45, 7) is 4.10. The topological polar surface area (TPSA) is 26.3 Å². The Hall–Kier alpha value is -0.310. The molecule has 0 fully saturated rings. The molecule has 16 heavy (non-hydrogen) atoms. The van der Waals surface area contributed by atoms with E-state index in [0.717, 1.165) is 19.3 Å². The molecule has 0 N–H and O–H groups in total. The predicted octanol–water partition coefficient (Wildman–Crippen LogP) is 2.77. The Bertz CT molecular complexity index is 298. The molecular weight excluding hydrogens is 211 g/mol. The molecule has 1 unspecified atom stereocenters. The van der Waals surface area contributed by atoms with E-state index in [1.54, 1.807) is 12.1 Å². The Morgan fingerprint density at radius 2 is 1.88 bits per heavy atom. The third-order valence-corrected chi connectivity index (χ3v) is 2.42. The molecule has 0 amide bonds. The molecule has 0 aromatic heterocycles. The number of carbonyl (C=O) groups excluding carboxylic acids is 1. The summed E-state index contributed by atoms with van der Waals surface area (Å²) in [4.78, 5) is 11.7. The van der Waals surface area contributed by atoms with Gasteiger partial charge in [-0.3, -0.25) is 4.79 Å². The van der Waals surface area contributed by atoms with Crippen LogP contribution in [0.25, 0.3) is 0 Å². The fraction of sp³-hybridized carbons (Fsp3) is 0.462. The first kappa shape index (κ1) is 15.7. The van der Waals surface area contributed by atoms with E-state index in [1.165, 1.54) is 0 Å². The summed E-state index contributed by atoms with van der Waals surface area (Å²) in [7, 11) is 0. The molecule has 1 aromatic rings. The van der Waals surface area contributed by atoms with E-state index in [4.69, 9.17) is 4.74 Å². The van der Waals surface area contributed by atoms with Crippen LogP contribution in [0.15, 0.2) is 30.3 Å². The summed E-state index contributed by atoms with van der Waals surface area (Å²) in [6, 6.07) is 9.24. The maximum absolute atomic E-state index is 11.7. The van der Waals surface area contributed by atoms with Gasteiger partial charge in [0.05, 0.1) is 5.92 Å². The summed E-state index contributed by atoms with van der Waals surface area (Å²) in [5, 5.41) is 0. The van der Waals surface area contributed by atoms with E-state index in [2.05, 4.69) is 6.92 Å². The van der Waals surface area contributed by atoms with E-state index < -0.39 is 0 Å². The number of para-hydroxylation sites is 1. The van der Waals surface area contributed by atoms with Gasteiger partial charge in [0.1, 0.15) is 5.75 Å². The molecule has 84 valence electrons. The Balaban J connectivity index is 0.00000225. The molecule has 0 aliphatic carbocycles. The summed E-state index contributed by atoms with van der Waals surface area (Å²) in [5.74, 6) is 0.567. The van der Waals surface area contributed by atoms with Crippen LogP contribution in [0.2, 0.25) is 0 Å². The molecule has 0 saturated heterocycles. The van der Waals surface area contributed by atoms with E-state index in [9.17, 15) is 4.79 Å². The van der Waals surface area contributed by atoms with Crippen LogP contribution in [0.5, 0.6) is 5.75 Å². The van der Waals surface area contributed by atoms with Gasteiger partial charge in [0, 0.05) is 0 Å². The van der Waals surface area contributed by atoms with Crippen LogP contribution in [0.1, 0.15) is 33.1 Å². The van der Waals surface area contributed by atoms with Crippen LogP contribution < -0.4 is 4.74 Å². The molecule has 0 heterocycles. The van der Waals surface area contributed by atoms with Crippen LogP contribution in [-0.4, -0.2) is 35.5 Å². The second-order valence-electron chi connectivity index (χ2n) is 3.63. The molecule has 3 heteroatoms. The van der Waals surface area contributed by atoms with Gasteiger partial charge in [0.25, 0.3) is 0 Å². The third-order valence-electron chi connectivity index (χ3n) is 2.42. The summed E-state index contributed by atoms with van der Waals surface area (Å²) >= 11 is 0. The molecule has 0 bridgehead atoms. The van der Waals surface area contributed by atoms with Gasteiger partial charge in [-0.15, -0.1) is 0 Å². The zero-order valence-electron chi connectivity index (χ0n) is 9.40. The van der Waals surface area contributed by atoms with Crippen molar-refractivity contribution >= 4 is 35.5 Å². The molecule has 0 aliphatic heterocycles. The number of esters is 1. The minimum atomic E-state index is -0.106. The molecule has 0 radical (unpaired) electrons. The Morgan fingerprint density at radius 1 is 1.25 bits per heavy atom. The van der Waals surface area contributed by atoms with Crippen molar-refractivity contribution in [1.82, 2.24) is 0 Å². The van der Waals surface area contributed by atoms with Crippen molar-refractivity contribution in [1.29, 1.82) is 0 Å². The van der Waals surface area contributed by atoms with Crippen LogP contribution in [-0.2, 0) is 4.79 Å². The minimum absolute atomic E-state index is 0. The fourth-order valence-electron chi connectivity index (χ4n) is 1.53. The number of carbonyl (C=O) groups is 1. The summed E-state index contributed by atoms with van der Waals surface area (Å²) in [6.07, 6.45) is 2.77. The molecule has 0 saturated carbocycles. The fourth-order valence-corrected chi connectivity index (χ4v) is 1.53. The molecule has 0 spiro atoms. The molecule has 0 aliphatic rings. The number of hydrogen-bond acceptors (Lipinski definition) is 2. The number of benzene rings is 1. The van der Waals surface area contributed by atoms with Crippen LogP contribution >= 0.6 is 0 Å². The summed E-state index contributed by atoms with van der Waals surface area (Å²) < 4.78 is 5.28. The molecule has 1 rings (SSSR count). The molecular formula is C13H19NaO2. The first-order valence-corrected chi connectivity index (χ1v) is 5.54. The second kappa shape index (κ2) is 8.80. The Kier molecular flexibility index (Phi) is 8.63. The summed E-state index contributed by atoms with van der Waals surface area (Å²) in [5.41, 5.74) is 0. The van der Waals surface area contributed by atoms with Gasteiger partial charge < -0.3 is 4.74 Å². The Morgan fingerprint density at radius 3 is 2.38 bits per heavy atom. The van der Waals surface area contributed by atoms with Crippen molar-refractivity contribution in [3.05, 3.63) is 30.3 Å². The van der Waals surface area contributed by atoms with Gasteiger partial charge in [-0.2, -0.15) is 0 Å². The van der Waals surface area contributed by atoms with E-state index in [0.29, 0.717) is 5.75 Å². The van der Waals surface area contributed by atoms with Gasteiger partial charge in [-0.05, 0) is 25.0 Å². The van der Waals surface area contributed by atoms with Crippen molar-refractivity contribution in [3.8, 4) is 5.75 Å². The SMILES string of the molecule is CCCC(CC)C(=O)Oc1ccccc1.[NaH]. The van der Waals surface area contributed by atoms with Crippen molar-refractivity contribution in [3.63, 3.8) is 0 Å². The van der Waals surface area contributed by atoms with Gasteiger partial charge in [0.2, 0.25) is 0 Å². The number of ether oxygens (including phenoxy) is 1. The number of hydrogen-bond donors (Lipinski definition) is 0. The average Bonchev–Trinajstić information content (AvgIpc) is 2.27. The first-order chi connectivity index (χ1) is 7.27. The molecule has 1 atom stereocenters. The predicted molar refractivity (Wildman–Crippen MR) is 67.9 cm³/mol. The van der Waals surface area contributed by atoms with E-state index in [1.807, 2.05) is 25.1 Å². The van der Waals surface area contributed by atoms with Crippen LogP contribution in [0.3, 0.4) is 0 Å². The Labute approximate surface area is 120 Å². The van der Waals surface area contributed by atoms with E-state index in [-0.39, 0.29) is 41.4 Å². The van der Waals surface area contributed by atoms with Crippen molar-refractivity contribution in [2.24, 2.45) is 5.92 Å². The normalized spacial score (nSPS) is 11.4. The molecule has 1 aromatic carbocycles. The van der Waals surface area contributed by atoms with Gasteiger partial charge in [0.15, 0.2) is 0 Å². The zero-order chi connectivity index (χ0) is 11.1. The maximum atomic E-state index is 11.7. The third kappa shape index (κ3) is 5.15. The first-order valence-electron chi connectivity index (χ1n) is 5.54. The van der Waals surface area contributed by atoms with Crippen LogP contribution in [0, 0.1) is 5.92 Å². The van der Waals surface area contributed by atoms with Gasteiger partial charge in [-0.1, -0.05) is 38.5 Å². The van der Waals surface area contributed by atoms with Crippen LogP contribution in [0.4, 0.5) is 0 Å². The average molecular weight is 230 g/mol. The van der Waals surface area contributed by atoms with Gasteiger partial charge >= 0.3 is 35.5 Å². The molecule has 2 nitrogen and oxygen atoms in total.